The summed E-state index contributed by atoms with van der Waals surface area (Å²) in [7, 11) is 1.87. The maximum atomic E-state index is 11.7. The van der Waals surface area contributed by atoms with Crippen LogP contribution in [0.3, 0.4) is 0 Å². The van der Waals surface area contributed by atoms with Gasteiger partial charge in [0, 0.05) is 43.2 Å². The lowest BCUT2D eigenvalue weighted by atomic mass is 10.0. The van der Waals surface area contributed by atoms with Crippen LogP contribution in [0.25, 0.3) is 22.3 Å². The van der Waals surface area contributed by atoms with Crippen molar-refractivity contribution in [3.05, 3.63) is 36.2 Å². The Balaban J connectivity index is 1.58. The van der Waals surface area contributed by atoms with Crippen LogP contribution in [0.15, 0.2) is 30.6 Å². The normalized spacial score (nSPS) is 19.3. The summed E-state index contributed by atoms with van der Waals surface area (Å²) in [6, 6.07) is 8.46. The predicted molar refractivity (Wildman–Crippen MR) is 119 cm³/mol. The number of nitrogens with one attached hydrogen (secondary N) is 2. The third-order valence-electron chi connectivity index (χ3n) is 6.23. The van der Waals surface area contributed by atoms with Crippen molar-refractivity contribution in [2.24, 2.45) is 5.92 Å². The number of aromatic nitrogens is 3. The monoisotopic (exact) mass is 419 g/mol. The first kappa shape index (κ1) is 19.5. The maximum absolute atomic E-state index is 11.7. The van der Waals surface area contributed by atoms with Gasteiger partial charge in [0.05, 0.1) is 23.1 Å². The summed E-state index contributed by atoms with van der Waals surface area (Å²) >= 11 is 0. The van der Waals surface area contributed by atoms with E-state index >= 15 is 0 Å². The minimum Gasteiger partial charge on any atom is -0.473 e. The molecule has 160 valence electrons. The van der Waals surface area contributed by atoms with Crippen LogP contribution < -0.4 is 20.8 Å². The van der Waals surface area contributed by atoms with Crippen molar-refractivity contribution in [1.29, 1.82) is 0 Å². The average Bonchev–Trinajstić information content (AvgIpc) is 3.38. The molecule has 2 atom stereocenters. The fourth-order valence-electron chi connectivity index (χ4n) is 4.20. The Kier molecular flexibility index (Phi) is 4.84. The van der Waals surface area contributed by atoms with Crippen molar-refractivity contribution in [1.82, 2.24) is 19.9 Å². The summed E-state index contributed by atoms with van der Waals surface area (Å²) < 4.78 is 8.57. The van der Waals surface area contributed by atoms with Crippen LogP contribution in [0.1, 0.15) is 37.8 Å². The molecule has 0 radical (unpaired) electrons. The molecule has 0 spiro atoms. The van der Waals surface area contributed by atoms with E-state index < -0.39 is 0 Å². The second-order valence-corrected chi connectivity index (χ2v) is 8.37. The number of fused-ring (bicyclic) bond motifs is 1. The third-order valence-corrected chi connectivity index (χ3v) is 6.23. The molecule has 8 nitrogen and oxygen atoms in total. The summed E-state index contributed by atoms with van der Waals surface area (Å²) in [6.45, 7) is 2.64. The molecule has 5 rings (SSSR count). The highest BCUT2D eigenvalue weighted by atomic mass is 16.5. The fraction of sp³-hybridized carbons (Fsp3) is 0.391. The number of hydrogen-bond donors (Lipinski definition) is 3. The number of ether oxygens (including phenoxy) is 1. The number of nitrogens with zero attached hydrogens (tertiary/aromatic N) is 3. The Labute approximate surface area is 180 Å². The van der Waals surface area contributed by atoms with Crippen LogP contribution in [0.4, 0.5) is 5.69 Å². The van der Waals surface area contributed by atoms with E-state index in [0.29, 0.717) is 24.9 Å². The van der Waals surface area contributed by atoms with Crippen LogP contribution in [-0.2, 0) is 4.79 Å². The molecule has 31 heavy (non-hydrogen) atoms. The van der Waals surface area contributed by atoms with Gasteiger partial charge in [-0.3, -0.25) is 10.2 Å². The molecule has 0 unspecified atom stereocenters. The molecule has 4 N–H and O–H groups in total. The second-order valence-electron chi connectivity index (χ2n) is 8.37. The number of rotatable bonds is 7. The molecule has 2 fully saturated rings. The summed E-state index contributed by atoms with van der Waals surface area (Å²) in [6.07, 6.45) is 6.09. The minimum atomic E-state index is -0.146. The summed E-state index contributed by atoms with van der Waals surface area (Å²) in [5.41, 5.74) is 5.35. The zero-order valence-electron chi connectivity index (χ0n) is 17.8. The van der Waals surface area contributed by atoms with E-state index in [0.717, 1.165) is 46.4 Å². The number of amides is 1. The topological polar surface area (TPSA) is 107 Å². The van der Waals surface area contributed by atoms with Gasteiger partial charge < -0.3 is 19.9 Å². The fourth-order valence-corrected chi connectivity index (χ4v) is 4.20. The van der Waals surface area contributed by atoms with E-state index in [-0.39, 0.29) is 17.9 Å². The van der Waals surface area contributed by atoms with Gasteiger partial charge in [0.15, 0.2) is 6.21 Å². The summed E-state index contributed by atoms with van der Waals surface area (Å²) in [4.78, 5) is 21.2. The standard InChI is InChI=1S/C23H26N6O2/c1-13(16-8-21(30)26-11-16)31-23-22-20(27-12-29(22)17-4-5-17)9-19(28-23)14-3-6-18(25-2)15(7-14)10-24/h3,6-7,9-10,12-13,16-17,24-25H,4-5,8,11H2,1-2H3,(H,26,30)/p+1/t13-,16-/m1/s1. The van der Waals surface area contributed by atoms with Gasteiger partial charge in [0.2, 0.25) is 11.8 Å². The molecule has 2 aromatic heterocycles. The molecule has 1 amide bonds. The van der Waals surface area contributed by atoms with Gasteiger partial charge in [-0.05, 0) is 38.0 Å². The summed E-state index contributed by atoms with van der Waals surface area (Å²) in [5, 5.41) is 11.9. The lowest BCUT2D eigenvalue weighted by Crippen LogP contribution is -2.30. The van der Waals surface area contributed by atoms with Gasteiger partial charge >= 0.3 is 0 Å². The Morgan fingerprint density at radius 1 is 1.35 bits per heavy atom. The average molecular weight is 420 g/mol. The number of benzene rings is 1. The van der Waals surface area contributed by atoms with Crippen molar-refractivity contribution in [2.45, 2.75) is 38.3 Å². The number of carbonyl (C=O) groups is 1. The van der Waals surface area contributed by atoms with Crippen LogP contribution >= 0.6 is 0 Å². The van der Waals surface area contributed by atoms with Crippen LogP contribution in [0, 0.1) is 5.92 Å². The van der Waals surface area contributed by atoms with E-state index in [1.165, 1.54) is 0 Å². The Morgan fingerprint density at radius 2 is 2.19 bits per heavy atom. The first-order valence-electron chi connectivity index (χ1n) is 10.8. The zero-order valence-corrected chi connectivity index (χ0v) is 17.8. The Morgan fingerprint density at radius 3 is 2.87 bits per heavy atom. The highest BCUT2D eigenvalue weighted by Crippen LogP contribution is 2.40. The second kappa shape index (κ2) is 7.68. The minimum absolute atomic E-state index is 0.0746. The quantitative estimate of drug-likeness (QED) is 0.504. The van der Waals surface area contributed by atoms with Gasteiger partial charge in [-0.1, -0.05) is 6.07 Å². The third kappa shape index (κ3) is 3.62. The Hall–Kier alpha value is -3.42. The SMILES string of the molecule is CNc1ccc(-c2cc3ncn(C4CC4)c3c(O[C@H](C)[C@H]3CNC(=O)C3)n2)cc1C=[NH2+]. The summed E-state index contributed by atoms with van der Waals surface area (Å²) in [5.74, 6) is 0.767. The van der Waals surface area contributed by atoms with Gasteiger partial charge in [0.25, 0.3) is 0 Å². The number of carbonyl (C=O) groups excluding carboxylic acids is 1. The van der Waals surface area contributed by atoms with Gasteiger partial charge in [-0.15, -0.1) is 0 Å². The molecule has 1 aliphatic carbocycles. The van der Waals surface area contributed by atoms with E-state index in [1.807, 2.05) is 44.6 Å². The highest BCUT2D eigenvalue weighted by molar-refractivity contribution is 5.89. The largest absolute Gasteiger partial charge is 0.473 e. The Bertz CT molecular complexity index is 1170. The van der Waals surface area contributed by atoms with Gasteiger partial charge in [-0.2, -0.15) is 0 Å². The first-order valence-corrected chi connectivity index (χ1v) is 10.8. The van der Waals surface area contributed by atoms with Crippen molar-refractivity contribution in [2.75, 3.05) is 18.9 Å². The van der Waals surface area contributed by atoms with Crippen molar-refractivity contribution in [3.8, 4) is 17.1 Å². The number of pyridine rings is 1. The van der Waals surface area contributed by atoms with Gasteiger partial charge in [0.1, 0.15) is 11.6 Å². The molecule has 1 saturated carbocycles. The van der Waals surface area contributed by atoms with Crippen molar-refractivity contribution in [3.63, 3.8) is 0 Å². The molecule has 8 heteroatoms. The molecular weight excluding hydrogens is 392 g/mol. The number of hydrogen-bond acceptors (Lipinski definition) is 5. The molecule has 0 bridgehead atoms. The van der Waals surface area contributed by atoms with Crippen molar-refractivity contribution >= 4 is 28.8 Å². The van der Waals surface area contributed by atoms with E-state index in [9.17, 15) is 4.79 Å². The number of anilines is 1. The van der Waals surface area contributed by atoms with E-state index in [4.69, 9.17) is 15.1 Å². The maximum Gasteiger partial charge on any atom is 0.241 e. The van der Waals surface area contributed by atoms with Crippen LogP contribution in [0.2, 0.25) is 0 Å². The number of nitrogens with two attached hydrogens (primary N) is 1. The molecular formula is C23H27N6O2+. The molecule has 3 aromatic rings. The molecule has 1 aliphatic heterocycles. The first-order chi connectivity index (χ1) is 15.1. The zero-order chi connectivity index (χ0) is 21.5. The molecule has 2 aliphatic rings. The smallest absolute Gasteiger partial charge is 0.241 e. The number of imidazole rings is 1. The van der Waals surface area contributed by atoms with Gasteiger partial charge in [-0.25, -0.2) is 9.97 Å². The molecule has 3 heterocycles. The van der Waals surface area contributed by atoms with E-state index in [2.05, 4.69) is 20.2 Å². The molecule has 1 aromatic carbocycles. The lowest BCUT2D eigenvalue weighted by molar-refractivity contribution is -0.119. The highest BCUT2D eigenvalue weighted by Gasteiger charge is 2.31. The van der Waals surface area contributed by atoms with Crippen molar-refractivity contribution < 1.29 is 14.9 Å². The van der Waals surface area contributed by atoms with E-state index in [1.54, 1.807) is 6.21 Å². The lowest BCUT2D eigenvalue weighted by Gasteiger charge is -2.20. The molecule has 1 saturated heterocycles. The van der Waals surface area contributed by atoms with Crippen LogP contribution in [-0.4, -0.2) is 46.4 Å². The van der Waals surface area contributed by atoms with Crippen LogP contribution in [0.5, 0.6) is 5.88 Å². The predicted octanol–water partition coefficient (Wildman–Crippen LogP) is 1.56.